The highest BCUT2D eigenvalue weighted by atomic mass is 16.3. The Labute approximate surface area is 112 Å². The van der Waals surface area contributed by atoms with Gasteiger partial charge in [-0.3, -0.25) is 9.59 Å². The molecule has 1 aliphatic carbocycles. The molecule has 0 radical (unpaired) electrons. The Morgan fingerprint density at radius 1 is 1.32 bits per heavy atom. The minimum absolute atomic E-state index is 0.0304. The van der Waals surface area contributed by atoms with Crippen LogP contribution in [0.3, 0.4) is 0 Å². The molecule has 1 heterocycles. The molecule has 104 valence electrons. The maximum absolute atomic E-state index is 11.8. The molecule has 0 aromatic carbocycles. The predicted octanol–water partition coefficient (Wildman–Crippen LogP) is 0.658. The van der Waals surface area contributed by atoms with Crippen molar-refractivity contribution in [2.75, 3.05) is 0 Å². The Kier molecular flexibility index (Phi) is 4.74. The fourth-order valence-corrected chi connectivity index (χ4v) is 2.39. The van der Waals surface area contributed by atoms with Gasteiger partial charge in [0, 0.05) is 31.3 Å². The van der Waals surface area contributed by atoms with Gasteiger partial charge in [-0.15, -0.1) is 0 Å². The summed E-state index contributed by atoms with van der Waals surface area (Å²) in [5.74, 6) is -0.0304. The van der Waals surface area contributed by atoms with Gasteiger partial charge in [-0.1, -0.05) is 6.07 Å². The number of aliphatic hydroxyl groups is 1. The Bertz CT molecular complexity index is 476. The van der Waals surface area contributed by atoms with E-state index < -0.39 is 0 Å². The molecule has 0 atom stereocenters. The number of aliphatic hydroxyl groups excluding tert-OH is 1. The third kappa shape index (κ3) is 4.21. The lowest BCUT2D eigenvalue weighted by atomic mass is 9.93. The number of nitrogens with one attached hydrogen (secondary N) is 1. The molecule has 1 aliphatic rings. The zero-order valence-corrected chi connectivity index (χ0v) is 10.9. The second-order valence-corrected chi connectivity index (χ2v) is 5.06. The summed E-state index contributed by atoms with van der Waals surface area (Å²) in [4.78, 5) is 23.2. The van der Waals surface area contributed by atoms with E-state index >= 15 is 0 Å². The third-order valence-electron chi connectivity index (χ3n) is 3.54. The molecule has 1 aromatic rings. The van der Waals surface area contributed by atoms with Gasteiger partial charge in [0.1, 0.15) is 0 Å². The van der Waals surface area contributed by atoms with Gasteiger partial charge in [0.2, 0.25) is 5.91 Å². The van der Waals surface area contributed by atoms with Crippen molar-refractivity contribution >= 4 is 5.91 Å². The molecule has 1 saturated carbocycles. The highest BCUT2D eigenvalue weighted by molar-refractivity contribution is 5.76. The number of aryl methyl sites for hydroxylation is 1. The van der Waals surface area contributed by atoms with Crippen LogP contribution in [-0.4, -0.2) is 27.7 Å². The van der Waals surface area contributed by atoms with E-state index in [1.54, 1.807) is 18.3 Å². The molecule has 19 heavy (non-hydrogen) atoms. The number of nitrogens with zero attached hydrogens (tertiary/aromatic N) is 1. The molecule has 0 spiro atoms. The van der Waals surface area contributed by atoms with Crippen molar-refractivity contribution in [1.82, 2.24) is 9.88 Å². The number of carbonyl (C=O) groups is 1. The average molecular weight is 264 g/mol. The van der Waals surface area contributed by atoms with Crippen LogP contribution in [0.1, 0.15) is 32.1 Å². The van der Waals surface area contributed by atoms with Crippen molar-refractivity contribution in [3.63, 3.8) is 0 Å². The van der Waals surface area contributed by atoms with Gasteiger partial charge in [-0.25, -0.2) is 0 Å². The smallest absolute Gasteiger partial charge is 0.250 e. The summed E-state index contributed by atoms with van der Waals surface area (Å²) in [5, 5.41) is 12.4. The van der Waals surface area contributed by atoms with Crippen LogP contribution in [0.4, 0.5) is 0 Å². The third-order valence-corrected chi connectivity index (χ3v) is 3.54. The van der Waals surface area contributed by atoms with E-state index in [0.29, 0.717) is 13.0 Å². The maximum atomic E-state index is 11.8. The second kappa shape index (κ2) is 6.52. The number of aromatic nitrogens is 1. The quantitative estimate of drug-likeness (QED) is 0.839. The van der Waals surface area contributed by atoms with Gasteiger partial charge in [-0.2, -0.15) is 0 Å². The number of hydrogen-bond acceptors (Lipinski definition) is 3. The van der Waals surface area contributed by atoms with Gasteiger partial charge in [0.05, 0.1) is 6.10 Å². The predicted molar refractivity (Wildman–Crippen MR) is 71.7 cm³/mol. The van der Waals surface area contributed by atoms with E-state index in [4.69, 9.17) is 0 Å². The number of amides is 1. The lowest BCUT2D eigenvalue weighted by Gasteiger charge is -2.26. The van der Waals surface area contributed by atoms with E-state index in [1.165, 1.54) is 10.6 Å². The Balaban J connectivity index is 1.76. The number of pyridine rings is 1. The van der Waals surface area contributed by atoms with Crippen LogP contribution in [0.2, 0.25) is 0 Å². The Hall–Kier alpha value is -1.62. The summed E-state index contributed by atoms with van der Waals surface area (Å²) in [5.41, 5.74) is -0.0870. The van der Waals surface area contributed by atoms with E-state index in [1.807, 2.05) is 0 Å². The first-order valence-electron chi connectivity index (χ1n) is 6.78. The summed E-state index contributed by atoms with van der Waals surface area (Å²) in [7, 11) is 0. The largest absolute Gasteiger partial charge is 0.393 e. The highest BCUT2D eigenvalue weighted by Gasteiger charge is 2.20. The fraction of sp³-hybridized carbons (Fsp3) is 0.571. The summed E-state index contributed by atoms with van der Waals surface area (Å²) < 4.78 is 1.53. The first kappa shape index (κ1) is 13.8. The topological polar surface area (TPSA) is 71.3 Å². The molecular weight excluding hydrogens is 244 g/mol. The highest BCUT2D eigenvalue weighted by Crippen LogP contribution is 2.18. The standard InChI is InChI=1S/C14H20N2O3/c17-12-6-4-11(5-7-12)15-13(18)8-10-16-9-2-1-3-14(16)19/h1-3,9,11-12,17H,4-8,10H2,(H,15,18). The van der Waals surface area contributed by atoms with Crippen LogP contribution in [0.25, 0.3) is 0 Å². The molecule has 1 fully saturated rings. The maximum Gasteiger partial charge on any atom is 0.250 e. The number of rotatable bonds is 4. The van der Waals surface area contributed by atoms with Crippen molar-refractivity contribution in [1.29, 1.82) is 0 Å². The zero-order chi connectivity index (χ0) is 13.7. The number of hydrogen-bond donors (Lipinski definition) is 2. The lowest BCUT2D eigenvalue weighted by Crippen LogP contribution is -2.39. The Morgan fingerprint density at radius 2 is 2.05 bits per heavy atom. The molecule has 0 unspecified atom stereocenters. The van der Waals surface area contributed by atoms with E-state index in [-0.39, 0.29) is 23.6 Å². The van der Waals surface area contributed by atoms with Crippen LogP contribution in [-0.2, 0) is 11.3 Å². The molecule has 1 amide bonds. The first-order valence-corrected chi connectivity index (χ1v) is 6.78. The van der Waals surface area contributed by atoms with Crippen molar-refractivity contribution < 1.29 is 9.90 Å². The molecule has 2 N–H and O–H groups in total. The molecule has 5 nitrogen and oxygen atoms in total. The van der Waals surface area contributed by atoms with E-state index in [2.05, 4.69) is 5.32 Å². The summed E-state index contributed by atoms with van der Waals surface area (Å²) in [6, 6.07) is 5.12. The molecular formula is C14H20N2O3. The van der Waals surface area contributed by atoms with Crippen LogP contribution in [0.5, 0.6) is 0 Å². The molecule has 5 heteroatoms. The van der Waals surface area contributed by atoms with Crippen molar-refractivity contribution in [2.45, 2.75) is 50.8 Å². The van der Waals surface area contributed by atoms with E-state index in [0.717, 1.165) is 25.7 Å². The SMILES string of the molecule is O=C(CCn1ccccc1=O)NC1CCC(O)CC1. The van der Waals surface area contributed by atoms with Crippen LogP contribution in [0, 0.1) is 0 Å². The van der Waals surface area contributed by atoms with Crippen molar-refractivity contribution in [3.05, 3.63) is 34.7 Å². The van der Waals surface area contributed by atoms with Gasteiger partial charge in [0.15, 0.2) is 0 Å². The Morgan fingerprint density at radius 3 is 2.74 bits per heavy atom. The fourth-order valence-electron chi connectivity index (χ4n) is 2.39. The van der Waals surface area contributed by atoms with Crippen molar-refractivity contribution in [2.24, 2.45) is 0 Å². The first-order chi connectivity index (χ1) is 9.15. The molecule has 0 bridgehead atoms. The zero-order valence-electron chi connectivity index (χ0n) is 10.9. The molecule has 0 aliphatic heterocycles. The summed E-state index contributed by atoms with van der Waals surface area (Å²) >= 11 is 0. The summed E-state index contributed by atoms with van der Waals surface area (Å²) in [6.07, 6.45) is 4.95. The average Bonchev–Trinajstić information content (AvgIpc) is 2.40. The monoisotopic (exact) mass is 264 g/mol. The molecule has 0 saturated heterocycles. The van der Waals surface area contributed by atoms with Gasteiger partial charge in [0.25, 0.3) is 5.56 Å². The second-order valence-electron chi connectivity index (χ2n) is 5.06. The normalized spacial score (nSPS) is 23.0. The number of carbonyl (C=O) groups excluding carboxylic acids is 1. The van der Waals surface area contributed by atoms with Gasteiger partial charge < -0.3 is 15.0 Å². The minimum Gasteiger partial charge on any atom is -0.393 e. The van der Waals surface area contributed by atoms with Gasteiger partial charge >= 0.3 is 0 Å². The van der Waals surface area contributed by atoms with E-state index in [9.17, 15) is 14.7 Å². The van der Waals surface area contributed by atoms with Crippen LogP contribution >= 0.6 is 0 Å². The minimum atomic E-state index is -0.212. The van der Waals surface area contributed by atoms with Crippen LogP contribution in [0.15, 0.2) is 29.2 Å². The summed E-state index contributed by atoms with van der Waals surface area (Å²) in [6.45, 7) is 0.404. The molecule has 1 aromatic heterocycles. The van der Waals surface area contributed by atoms with Crippen LogP contribution < -0.4 is 10.9 Å². The van der Waals surface area contributed by atoms with Crippen molar-refractivity contribution in [3.8, 4) is 0 Å². The lowest BCUT2D eigenvalue weighted by molar-refractivity contribution is -0.122. The van der Waals surface area contributed by atoms with Gasteiger partial charge in [-0.05, 0) is 31.7 Å². The molecule has 2 rings (SSSR count).